The third-order valence-electron chi connectivity index (χ3n) is 3.41. The van der Waals surface area contributed by atoms with Crippen molar-refractivity contribution in [3.8, 4) is 11.3 Å². The van der Waals surface area contributed by atoms with Gasteiger partial charge in [0.2, 0.25) is 0 Å². The number of hydrogen-bond donors (Lipinski definition) is 1. The van der Waals surface area contributed by atoms with Crippen LogP contribution >= 0.6 is 0 Å². The first-order valence-corrected chi connectivity index (χ1v) is 6.61. The number of aryl methyl sites for hydroxylation is 1. The number of H-pyrrole nitrogens is 1. The summed E-state index contributed by atoms with van der Waals surface area (Å²) in [6.07, 6.45) is 4.79. The van der Waals surface area contributed by atoms with Crippen molar-refractivity contribution in [2.45, 2.75) is 6.92 Å². The zero-order chi connectivity index (χ0) is 15.3. The van der Waals surface area contributed by atoms with Crippen LogP contribution in [0.2, 0.25) is 0 Å². The predicted molar refractivity (Wildman–Crippen MR) is 79.0 cm³/mol. The Morgan fingerprint density at radius 1 is 1.23 bits per heavy atom. The highest BCUT2D eigenvalue weighted by molar-refractivity contribution is 5.77. The summed E-state index contributed by atoms with van der Waals surface area (Å²) in [5.41, 5.74) is 2.44. The number of hydrogen-bond acceptors (Lipinski definition) is 4. The lowest BCUT2D eigenvalue weighted by Gasteiger charge is -2.04. The summed E-state index contributed by atoms with van der Waals surface area (Å²) in [6, 6.07) is 4.76. The lowest BCUT2D eigenvalue weighted by Crippen LogP contribution is -2.08. The molecule has 1 N–H and O–H groups in total. The number of aromatic nitrogens is 5. The monoisotopic (exact) mass is 295 g/mol. The zero-order valence-electron chi connectivity index (χ0n) is 11.5. The third-order valence-corrected chi connectivity index (χ3v) is 3.41. The van der Waals surface area contributed by atoms with Crippen molar-refractivity contribution in [1.82, 2.24) is 24.3 Å². The van der Waals surface area contributed by atoms with Gasteiger partial charge in [0, 0.05) is 18.0 Å². The van der Waals surface area contributed by atoms with Gasteiger partial charge in [-0.3, -0.25) is 4.79 Å². The van der Waals surface area contributed by atoms with Crippen LogP contribution in [0.25, 0.3) is 27.9 Å². The molecule has 0 fully saturated rings. The molecule has 0 aliphatic heterocycles. The average Bonchev–Trinajstić information content (AvgIpc) is 2.88. The molecule has 0 spiro atoms. The molecule has 0 aliphatic carbocycles. The lowest BCUT2D eigenvalue weighted by molar-refractivity contribution is 0.630. The molecule has 7 heteroatoms. The van der Waals surface area contributed by atoms with Crippen molar-refractivity contribution in [3.63, 3.8) is 0 Å². The van der Waals surface area contributed by atoms with E-state index in [1.165, 1.54) is 12.4 Å². The van der Waals surface area contributed by atoms with Gasteiger partial charge in [-0.05, 0) is 25.1 Å². The maximum Gasteiger partial charge on any atom is 0.277 e. The van der Waals surface area contributed by atoms with Crippen molar-refractivity contribution < 1.29 is 4.39 Å². The number of rotatable bonds is 1. The molecule has 0 bridgehead atoms. The van der Waals surface area contributed by atoms with E-state index in [4.69, 9.17) is 0 Å². The second-order valence-electron chi connectivity index (χ2n) is 4.99. The highest BCUT2D eigenvalue weighted by Crippen LogP contribution is 2.22. The first-order valence-electron chi connectivity index (χ1n) is 6.61. The standard InChI is InChI=1S/C15H10FN5O/c1-8-5-21-6-9(4-10(16)14(21)19-8)11-2-3-12-13(20-11)15(22)18-7-17-12/h2-7H,1H3,(H,17,18,22). The quantitative estimate of drug-likeness (QED) is 0.583. The van der Waals surface area contributed by atoms with Crippen LogP contribution in [0, 0.1) is 12.7 Å². The molecule has 0 amide bonds. The minimum Gasteiger partial charge on any atom is -0.311 e. The third kappa shape index (κ3) is 1.86. The Kier molecular flexibility index (Phi) is 2.56. The molecule has 4 aromatic rings. The van der Waals surface area contributed by atoms with Crippen molar-refractivity contribution in [1.29, 1.82) is 0 Å². The van der Waals surface area contributed by atoms with E-state index in [2.05, 4.69) is 19.9 Å². The van der Waals surface area contributed by atoms with Gasteiger partial charge in [0.05, 0.1) is 23.2 Å². The number of imidazole rings is 1. The number of halogens is 1. The number of pyridine rings is 2. The molecular formula is C15H10FN5O. The van der Waals surface area contributed by atoms with Gasteiger partial charge in [0.15, 0.2) is 17.0 Å². The molecule has 0 unspecified atom stereocenters. The largest absolute Gasteiger partial charge is 0.311 e. The average molecular weight is 295 g/mol. The highest BCUT2D eigenvalue weighted by atomic mass is 19.1. The Morgan fingerprint density at radius 2 is 2.09 bits per heavy atom. The second kappa shape index (κ2) is 4.45. The molecule has 0 aromatic carbocycles. The van der Waals surface area contributed by atoms with Crippen molar-refractivity contribution in [3.05, 3.63) is 58.8 Å². The van der Waals surface area contributed by atoms with Crippen LogP contribution in [0.5, 0.6) is 0 Å². The Hall–Kier alpha value is -3.09. The molecule has 6 nitrogen and oxygen atoms in total. The summed E-state index contributed by atoms with van der Waals surface area (Å²) in [7, 11) is 0. The molecule has 0 radical (unpaired) electrons. The molecule has 0 aliphatic rings. The summed E-state index contributed by atoms with van der Waals surface area (Å²) < 4.78 is 15.8. The van der Waals surface area contributed by atoms with Gasteiger partial charge in [0.1, 0.15) is 0 Å². The summed E-state index contributed by atoms with van der Waals surface area (Å²) in [5, 5.41) is 0. The van der Waals surface area contributed by atoms with Gasteiger partial charge in [-0.25, -0.2) is 19.3 Å². The summed E-state index contributed by atoms with van der Waals surface area (Å²) in [5.74, 6) is -0.437. The fraction of sp³-hybridized carbons (Fsp3) is 0.0667. The van der Waals surface area contributed by atoms with E-state index in [-0.39, 0.29) is 16.7 Å². The molecule has 22 heavy (non-hydrogen) atoms. The maximum absolute atomic E-state index is 14.1. The number of nitrogens with one attached hydrogen (secondary N) is 1. The fourth-order valence-electron chi connectivity index (χ4n) is 2.43. The Morgan fingerprint density at radius 3 is 2.95 bits per heavy atom. The highest BCUT2D eigenvalue weighted by Gasteiger charge is 2.10. The van der Waals surface area contributed by atoms with Gasteiger partial charge in [-0.2, -0.15) is 0 Å². The van der Waals surface area contributed by atoms with E-state index < -0.39 is 5.82 Å². The van der Waals surface area contributed by atoms with E-state index in [1.807, 2.05) is 0 Å². The fourth-order valence-corrected chi connectivity index (χ4v) is 2.43. The van der Waals surface area contributed by atoms with Gasteiger partial charge in [0.25, 0.3) is 5.56 Å². The van der Waals surface area contributed by atoms with Gasteiger partial charge >= 0.3 is 0 Å². The van der Waals surface area contributed by atoms with E-state index in [0.29, 0.717) is 16.8 Å². The molecule has 0 saturated heterocycles. The van der Waals surface area contributed by atoms with Crippen molar-refractivity contribution in [2.24, 2.45) is 0 Å². The van der Waals surface area contributed by atoms with Crippen LogP contribution in [0.1, 0.15) is 5.69 Å². The minimum atomic E-state index is -0.437. The maximum atomic E-state index is 14.1. The Balaban J connectivity index is 1.98. The summed E-state index contributed by atoms with van der Waals surface area (Å²) in [4.78, 5) is 26.7. The first-order chi connectivity index (χ1) is 10.6. The topological polar surface area (TPSA) is 75.9 Å². The molecule has 4 rings (SSSR count). The van der Waals surface area contributed by atoms with Gasteiger partial charge in [-0.1, -0.05) is 0 Å². The Bertz CT molecular complexity index is 1080. The van der Waals surface area contributed by atoms with Crippen LogP contribution in [-0.4, -0.2) is 24.3 Å². The smallest absolute Gasteiger partial charge is 0.277 e. The van der Waals surface area contributed by atoms with E-state index in [1.54, 1.807) is 35.9 Å². The van der Waals surface area contributed by atoms with Crippen LogP contribution < -0.4 is 5.56 Å². The van der Waals surface area contributed by atoms with Gasteiger partial charge in [-0.15, -0.1) is 0 Å². The Labute approximate surface area is 123 Å². The van der Waals surface area contributed by atoms with Crippen molar-refractivity contribution >= 4 is 16.7 Å². The number of nitrogens with zero attached hydrogens (tertiary/aromatic N) is 4. The van der Waals surface area contributed by atoms with E-state index in [0.717, 1.165) is 5.69 Å². The van der Waals surface area contributed by atoms with Crippen molar-refractivity contribution in [2.75, 3.05) is 0 Å². The predicted octanol–water partition coefficient (Wildman–Crippen LogP) is 2.08. The zero-order valence-corrected chi connectivity index (χ0v) is 11.5. The number of fused-ring (bicyclic) bond motifs is 2. The van der Waals surface area contributed by atoms with E-state index >= 15 is 0 Å². The molecule has 0 atom stereocenters. The molecular weight excluding hydrogens is 285 g/mol. The normalized spacial score (nSPS) is 11.4. The summed E-state index contributed by atoms with van der Waals surface area (Å²) >= 11 is 0. The molecule has 0 saturated carbocycles. The van der Waals surface area contributed by atoms with Crippen LogP contribution in [0.3, 0.4) is 0 Å². The van der Waals surface area contributed by atoms with Crippen LogP contribution in [0.4, 0.5) is 4.39 Å². The minimum absolute atomic E-state index is 0.224. The van der Waals surface area contributed by atoms with Gasteiger partial charge < -0.3 is 9.38 Å². The molecule has 4 heterocycles. The first kappa shape index (κ1) is 12.6. The molecule has 4 aromatic heterocycles. The van der Waals surface area contributed by atoms with Crippen LogP contribution in [-0.2, 0) is 0 Å². The summed E-state index contributed by atoms with van der Waals surface area (Å²) in [6.45, 7) is 1.80. The second-order valence-corrected chi connectivity index (χ2v) is 4.99. The lowest BCUT2D eigenvalue weighted by atomic mass is 10.2. The number of aromatic amines is 1. The molecule has 108 valence electrons. The van der Waals surface area contributed by atoms with E-state index in [9.17, 15) is 9.18 Å². The SMILES string of the molecule is Cc1cn2cc(-c3ccc4nc[nH]c(=O)c4n3)cc(F)c2n1. The van der Waals surface area contributed by atoms with Crippen LogP contribution in [0.15, 0.2) is 41.7 Å².